The maximum Gasteiger partial charge on any atom is 0.321 e. The molecule has 2 amide bonds. The van der Waals surface area contributed by atoms with E-state index in [-0.39, 0.29) is 12.1 Å². The molecule has 1 atom stereocenters. The van der Waals surface area contributed by atoms with Gasteiger partial charge in [-0.3, -0.25) is 5.32 Å². The van der Waals surface area contributed by atoms with Gasteiger partial charge in [-0.2, -0.15) is 0 Å². The number of anilines is 1. The summed E-state index contributed by atoms with van der Waals surface area (Å²) in [5, 5.41) is 15.2. The second-order valence-electron chi connectivity index (χ2n) is 5.00. The van der Waals surface area contributed by atoms with Crippen LogP contribution in [0.3, 0.4) is 0 Å². The third-order valence-corrected chi connectivity index (χ3v) is 4.05. The van der Waals surface area contributed by atoms with Gasteiger partial charge in [-0.25, -0.2) is 4.79 Å². The summed E-state index contributed by atoms with van der Waals surface area (Å²) in [7, 11) is 0. The fraction of sp³-hybridized carbons (Fsp3) is 0.462. The van der Waals surface area contributed by atoms with Crippen LogP contribution in [-0.2, 0) is 6.42 Å². The zero-order chi connectivity index (χ0) is 13.9. The summed E-state index contributed by atoms with van der Waals surface area (Å²) in [6.45, 7) is 1.93. The molecule has 7 heteroatoms. The van der Waals surface area contributed by atoms with Gasteiger partial charge >= 0.3 is 6.03 Å². The molecule has 0 spiro atoms. The number of nitrogens with one attached hydrogen (secondary N) is 2. The van der Waals surface area contributed by atoms with Gasteiger partial charge < -0.3 is 9.73 Å². The lowest BCUT2D eigenvalue weighted by molar-refractivity contribution is 0.248. The van der Waals surface area contributed by atoms with E-state index in [9.17, 15) is 4.79 Å². The van der Waals surface area contributed by atoms with Crippen LogP contribution in [0.25, 0.3) is 0 Å². The number of carbonyl (C=O) groups is 1. The summed E-state index contributed by atoms with van der Waals surface area (Å²) in [5.41, 5.74) is 0. The van der Waals surface area contributed by atoms with Crippen molar-refractivity contribution >= 4 is 22.5 Å². The van der Waals surface area contributed by atoms with Crippen LogP contribution >= 0.6 is 11.3 Å². The molecule has 1 fully saturated rings. The maximum atomic E-state index is 11.8. The van der Waals surface area contributed by atoms with E-state index in [2.05, 4.69) is 20.8 Å². The lowest BCUT2D eigenvalue weighted by atomic mass is 10.2. The van der Waals surface area contributed by atoms with Crippen molar-refractivity contribution in [3.8, 4) is 0 Å². The van der Waals surface area contributed by atoms with E-state index in [1.165, 1.54) is 24.2 Å². The first-order chi connectivity index (χ1) is 9.70. The monoisotopic (exact) mass is 292 g/mol. The summed E-state index contributed by atoms with van der Waals surface area (Å²) in [5.74, 6) is 1.41. The molecule has 1 saturated carbocycles. The summed E-state index contributed by atoms with van der Waals surface area (Å²) in [4.78, 5) is 11.8. The largest absolute Gasteiger partial charge is 0.469 e. The molecule has 0 radical (unpaired) electrons. The quantitative estimate of drug-likeness (QED) is 0.888. The van der Waals surface area contributed by atoms with Gasteiger partial charge in [0, 0.05) is 18.4 Å². The van der Waals surface area contributed by atoms with Crippen molar-refractivity contribution in [2.45, 2.75) is 38.1 Å². The van der Waals surface area contributed by atoms with Crippen molar-refractivity contribution in [1.82, 2.24) is 15.5 Å². The third kappa shape index (κ3) is 3.36. The van der Waals surface area contributed by atoms with Crippen molar-refractivity contribution in [2.24, 2.45) is 0 Å². The Kier molecular flexibility index (Phi) is 3.68. The van der Waals surface area contributed by atoms with E-state index >= 15 is 0 Å². The van der Waals surface area contributed by atoms with Crippen molar-refractivity contribution in [3.63, 3.8) is 0 Å². The van der Waals surface area contributed by atoms with Crippen LogP contribution in [0, 0.1) is 0 Å². The maximum absolute atomic E-state index is 11.8. The molecule has 0 bridgehead atoms. The van der Waals surface area contributed by atoms with Crippen LogP contribution in [0.5, 0.6) is 0 Å². The molecular weight excluding hydrogens is 276 g/mol. The first kappa shape index (κ1) is 13.1. The first-order valence-corrected chi connectivity index (χ1v) is 7.45. The van der Waals surface area contributed by atoms with E-state index in [4.69, 9.17) is 4.42 Å². The molecule has 0 aliphatic heterocycles. The topological polar surface area (TPSA) is 80.0 Å². The van der Waals surface area contributed by atoms with Gasteiger partial charge in [-0.05, 0) is 31.9 Å². The molecule has 1 unspecified atom stereocenters. The Hall–Kier alpha value is -1.89. The van der Waals surface area contributed by atoms with Gasteiger partial charge in [0.05, 0.1) is 6.26 Å². The number of urea groups is 1. The lowest BCUT2D eigenvalue weighted by Crippen LogP contribution is -2.37. The molecule has 106 valence electrons. The highest BCUT2D eigenvalue weighted by Crippen LogP contribution is 2.41. The third-order valence-electron chi connectivity index (χ3n) is 3.05. The van der Waals surface area contributed by atoms with Gasteiger partial charge in [0.15, 0.2) is 0 Å². The molecular formula is C13H16N4O2S. The van der Waals surface area contributed by atoms with Gasteiger partial charge in [0.2, 0.25) is 5.13 Å². The Morgan fingerprint density at radius 1 is 1.55 bits per heavy atom. The molecule has 0 saturated heterocycles. The average molecular weight is 292 g/mol. The van der Waals surface area contributed by atoms with Crippen LogP contribution in [0.15, 0.2) is 22.8 Å². The Labute approximate surface area is 120 Å². The second kappa shape index (κ2) is 5.62. The number of carbonyl (C=O) groups excluding carboxylic acids is 1. The highest BCUT2D eigenvalue weighted by molar-refractivity contribution is 7.15. The average Bonchev–Trinajstić information content (AvgIpc) is 2.93. The van der Waals surface area contributed by atoms with Crippen LogP contribution in [0.1, 0.15) is 36.5 Å². The molecule has 3 rings (SSSR count). The van der Waals surface area contributed by atoms with Crippen molar-refractivity contribution in [2.75, 3.05) is 5.32 Å². The highest BCUT2D eigenvalue weighted by atomic mass is 32.1. The lowest BCUT2D eigenvalue weighted by Gasteiger charge is -2.12. The number of aromatic nitrogens is 2. The van der Waals surface area contributed by atoms with Crippen molar-refractivity contribution in [1.29, 1.82) is 0 Å². The minimum Gasteiger partial charge on any atom is -0.469 e. The molecule has 1 aliphatic rings. The van der Waals surface area contributed by atoms with Crippen LogP contribution in [-0.4, -0.2) is 22.3 Å². The summed E-state index contributed by atoms with van der Waals surface area (Å²) >= 11 is 1.45. The Balaban J connectivity index is 1.48. The molecule has 2 heterocycles. The van der Waals surface area contributed by atoms with E-state index in [1.54, 1.807) is 6.26 Å². The Morgan fingerprint density at radius 2 is 2.40 bits per heavy atom. The number of rotatable bonds is 5. The minimum atomic E-state index is -0.262. The summed E-state index contributed by atoms with van der Waals surface area (Å²) < 4.78 is 5.25. The number of furan rings is 1. The van der Waals surface area contributed by atoms with Crippen LogP contribution < -0.4 is 10.6 Å². The predicted molar refractivity (Wildman–Crippen MR) is 75.9 cm³/mol. The molecule has 20 heavy (non-hydrogen) atoms. The van der Waals surface area contributed by atoms with E-state index < -0.39 is 0 Å². The van der Waals surface area contributed by atoms with Gasteiger partial charge in [0.25, 0.3) is 0 Å². The van der Waals surface area contributed by atoms with E-state index in [0.717, 1.165) is 10.8 Å². The molecule has 2 aromatic heterocycles. The number of amides is 2. The normalized spacial score (nSPS) is 15.8. The number of hydrogen-bond donors (Lipinski definition) is 2. The smallest absolute Gasteiger partial charge is 0.321 e. The van der Waals surface area contributed by atoms with Crippen molar-refractivity contribution in [3.05, 3.63) is 29.2 Å². The van der Waals surface area contributed by atoms with Crippen LogP contribution in [0.4, 0.5) is 9.93 Å². The highest BCUT2D eigenvalue weighted by Gasteiger charge is 2.27. The predicted octanol–water partition coefficient (Wildman–Crippen LogP) is 2.76. The van der Waals surface area contributed by atoms with E-state index in [1.807, 2.05) is 19.1 Å². The second-order valence-corrected chi connectivity index (χ2v) is 6.01. The molecule has 2 N–H and O–H groups in total. The summed E-state index contributed by atoms with van der Waals surface area (Å²) in [6, 6.07) is 3.45. The Bertz CT molecular complexity index is 577. The first-order valence-electron chi connectivity index (χ1n) is 6.64. The van der Waals surface area contributed by atoms with Crippen LogP contribution in [0.2, 0.25) is 0 Å². The van der Waals surface area contributed by atoms with Gasteiger partial charge in [-0.15, -0.1) is 10.2 Å². The number of hydrogen-bond acceptors (Lipinski definition) is 5. The fourth-order valence-electron chi connectivity index (χ4n) is 1.92. The minimum absolute atomic E-state index is 0.0167. The molecule has 2 aromatic rings. The number of nitrogens with zero attached hydrogens (tertiary/aromatic N) is 2. The van der Waals surface area contributed by atoms with Crippen molar-refractivity contribution < 1.29 is 9.21 Å². The molecule has 0 aromatic carbocycles. The zero-order valence-electron chi connectivity index (χ0n) is 11.1. The van der Waals surface area contributed by atoms with Gasteiger partial charge in [-0.1, -0.05) is 11.3 Å². The zero-order valence-corrected chi connectivity index (χ0v) is 11.9. The van der Waals surface area contributed by atoms with E-state index in [0.29, 0.717) is 17.5 Å². The van der Waals surface area contributed by atoms with Gasteiger partial charge in [0.1, 0.15) is 10.8 Å². The SMILES string of the molecule is CC(Cc1ccco1)NC(=O)Nc1nnc(C2CC2)s1. The molecule has 1 aliphatic carbocycles. The Morgan fingerprint density at radius 3 is 3.10 bits per heavy atom. The fourth-order valence-corrected chi connectivity index (χ4v) is 2.83. The summed E-state index contributed by atoms with van der Waals surface area (Å²) in [6.07, 6.45) is 4.65. The molecule has 6 nitrogen and oxygen atoms in total. The standard InChI is InChI=1S/C13H16N4O2S/c1-8(7-10-3-2-6-19-10)14-12(18)15-13-17-16-11(20-13)9-4-5-9/h2-3,6,8-9H,4-5,7H2,1H3,(H2,14,15,17,18).